The molecule has 0 unspecified atom stereocenters. The first-order valence-electron chi connectivity index (χ1n) is 13.9. The van der Waals surface area contributed by atoms with Crippen LogP contribution in [0.5, 0.6) is 0 Å². The zero-order valence-corrected chi connectivity index (χ0v) is 24.2. The Labute approximate surface area is 250 Å². The number of nitrogens with one attached hydrogen (secondary N) is 2. The summed E-state index contributed by atoms with van der Waals surface area (Å²) in [5, 5.41) is 11.7. The number of amides is 1. The van der Waals surface area contributed by atoms with E-state index < -0.39 is 17.5 Å². The zero-order chi connectivity index (χ0) is 31.0. The summed E-state index contributed by atoms with van der Waals surface area (Å²) in [6, 6.07) is 6.65. The Hall–Kier alpha value is -5.31. The minimum absolute atomic E-state index is 0.0373. The van der Waals surface area contributed by atoms with Crippen LogP contribution in [0.2, 0.25) is 0 Å². The van der Waals surface area contributed by atoms with Crippen LogP contribution in [0.4, 0.5) is 32.2 Å². The molecule has 13 nitrogen and oxygen atoms in total. The van der Waals surface area contributed by atoms with Crippen LogP contribution in [0.3, 0.4) is 0 Å². The van der Waals surface area contributed by atoms with Gasteiger partial charge in [-0.3, -0.25) is 10.0 Å². The van der Waals surface area contributed by atoms with Crippen LogP contribution in [0.1, 0.15) is 36.1 Å². The number of fused-ring (bicyclic) bond motifs is 1. The standard InChI is InChI=1S/C29H29F2N11O2/c1-16(2)42-17(3)36-26-21(30)10-18(11-23(26)42)25-22(31)15-33-28(38-25)37-24-5-4-20(14-32-24)40-6-8-41(9-7-40)29-34-12-19(13-35-29)27(43)39-44/h4-5,10-16,44H,6-9H2,1-3H3,(H,39,43)(H,32,33,37,38). The highest BCUT2D eigenvalue weighted by atomic mass is 19.1. The van der Waals surface area contributed by atoms with E-state index in [0.717, 1.165) is 11.9 Å². The van der Waals surface area contributed by atoms with E-state index in [1.54, 1.807) is 23.8 Å². The Bertz CT molecular complexity index is 1820. The Morgan fingerprint density at radius 2 is 1.64 bits per heavy atom. The Morgan fingerprint density at radius 3 is 2.30 bits per heavy atom. The largest absolute Gasteiger partial charge is 0.367 e. The third-order valence-corrected chi connectivity index (χ3v) is 7.38. The summed E-state index contributed by atoms with van der Waals surface area (Å²) in [6.07, 6.45) is 5.50. The third kappa shape index (κ3) is 5.56. The molecule has 1 aliphatic rings. The van der Waals surface area contributed by atoms with Gasteiger partial charge in [0, 0.05) is 50.2 Å². The fraction of sp³-hybridized carbons (Fsp3) is 0.276. The molecule has 0 atom stereocenters. The molecule has 0 bridgehead atoms. The van der Waals surface area contributed by atoms with E-state index in [1.165, 1.54) is 18.5 Å². The van der Waals surface area contributed by atoms with Gasteiger partial charge in [-0.15, -0.1) is 0 Å². The summed E-state index contributed by atoms with van der Waals surface area (Å²) in [4.78, 5) is 41.3. The second-order valence-electron chi connectivity index (χ2n) is 10.6. The molecule has 1 aliphatic heterocycles. The van der Waals surface area contributed by atoms with Crippen molar-refractivity contribution in [2.45, 2.75) is 26.8 Å². The highest BCUT2D eigenvalue weighted by Crippen LogP contribution is 2.30. The third-order valence-electron chi connectivity index (χ3n) is 7.38. The van der Waals surface area contributed by atoms with E-state index in [0.29, 0.717) is 49.3 Å². The number of carbonyl (C=O) groups is 1. The molecular weight excluding hydrogens is 572 g/mol. The van der Waals surface area contributed by atoms with Crippen LogP contribution in [-0.4, -0.2) is 71.8 Å². The number of halogens is 2. The zero-order valence-electron chi connectivity index (χ0n) is 24.2. The molecule has 0 radical (unpaired) electrons. The van der Waals surface area contributed by atoms with E-state index >= 15 is 4.39 Å². The number of hydrogen-bond donors (Lipinski definition) is 3. The van der Waals surface area contributed by atoms with Crippen molar-refractivity contribution in [1.29, 1.82) is 0 Å². The molecule has 44 heavy (non-hydrogen) atoms. The first kappa shape index (κ1) is 28.8. The molecule has 6 rings (SSSR count). The van der Waals surface area contributed by atoms with E-state index in [-0.39, 0.29) is 34.3 Å². The summed E-state index contributed by atoms with van der Waals surface area (Å²) < 4.78 is 31.8. The van der Waals surface area contributed by atoms with Crippen molar-refractivity contribution in [3.8, 4) is 11.3 Å². The first-order chi connectivity index (χ1) is 21.2. The van der Waals surface area contributed by atoms with Gasteiger partial charge in [0.05, 0.1) is 29.2 Å². The van der Waals surface area contributed by atoms with Gasteiger partial charge in [0.1, 0.15) is 22.9 Å². The van der Waals surface area contributed by atoms with Gasteiger partial charge in [-0.05, 0) is 45.0 Å². The second-order valence-corrected chi connectivity index (χ2v) is 10.6. The Kier molecular flexibility index (Phi) is 7.69. The maximum atomic E-state index is 15.0. The number of anilines is 4. The number of aromatic nitrogens is 7. The topological polar surface area (TPSA) is 150 Å². The first-order valence-corrected chi connectivity index (χ1v) is 13.9. The van der Waals surface area contributed by atoms with Crippen molar-refractivity contribution in [2.75, 3.05) is 41.3 Å². The summed E-state index contributed by atoms with van der Waals surface area (Å²) in [5.41, 5.74) is 3.67. The molecule has 3 N–H and O–H groups in total. The minimum Gasteiger partial charge on any atom is -0.367 e. The molecule has 5 heterocycles. The number of nitrogens with zero attached hydrogens (tertiary/aromatic N) is 9. The number of imidazole rings is 1. The molecular formula is C29H29F2N11O2. The van der Waals surface area contributed by atoms with Crippen molar-refractivity contribution in [2.24, 2.45) is 0 Å². The van der Waals surface area contributed by atoms with Gasteiger partial charge in [0.25, 0.3) is 5.91 Å². The molecule has 1 fully saturated rings. The fourth-order valence-electron chi connectivity index (χ4n) is 5.28. The highest BCUT2D eigenvalue weighted by molar-refractivity contribution is 5.92. The maximum absolute atomic E-state index is 15.0. The predicted octanol–water partition coefficient (Wildman–Crippen LogP) is 4.04. The van der Waals surface area contributed by atoms with Crippen LogP contribution >= 0.6 is 0 Å². The number of hydrogen-bond acceptors (Lipinski definition) is 11. The SMILES string of the molecule is Cc1nc2c(F)cc(-c3nc(Nc4ccc(N5CCN(c6ncc(C(=O)NO)cn6)CC5)cn4)ncc3F)cc2n1C(C)C. The van der Waals surface area contributed by atoms with Crippen LogP contribution in [0, 0.1) is 18.6 Å². The van der Waals surface area contributed by atoms with Gasteiger partial charge >= 0.3 is 0 Å². The van der Waals surface area contributed by atoms with Crippen LogP contribution in [0.15, 0.2) is 49.1 Å². The van der Waals surface area contributed by atoms with E-state index in [4.69, 9.17) is 5.21 Å². The molecule has 4 aromatic heterocycles. The lowest BCUT2D eigenvalue weighted by molar-refractivity contribution is 0.0705. The van der Waals surface area contributed by atoms with Crippen molar-refractivity contribution in [3.05, 3.63) is 72.1 Å². The molecule has 226 valence electrons. The molecule has 15 heteroatoms. The van der Waals surface area contributed by atoms with Gasteiger partial charge in [-0.25, -0.2) is 44.2 Å². The van der Waals surface area contributed by atoms with Crippen LogP contribution in [-0.2, 0) is 0 Å². The molecule has 1 saturated heterocycles. The fourth-order valence-corrected chi connectivity index (χ4v) is 5.28. The number of carbonyl (C=O) groups excluding carboxylic acids is 1. The summed E-state index contributed by atoms with van der Waals surface area (Å²) in [6.45, 7) is 8.45. The quantitative estimate of drug-likeness (QED) is 0.183. The summed E-state index contributed by atoms with van der Waals surface area (Å²) in [7, 11) is 0. The normalized spacial score (nSPS) is 13.5. The average Bonchev–Trinajstić information content (AvgIpc) is 3.38. The van der Waals surface area contributed by atoms with Gasteiger partial charge in [0.15, 0.2) is 11.6 Å². The molecule has 5 aromatic rings. The number of hydroxylamine groups is 1. The van der Waals surface area contributed by atoms with Crippen LogP contribution < -0.4 is 20.6 Å². The van der Waals surface area contributed by atoms with Gasteiger partial charge in [-0.1, -0.05) is 0 Å². The molecule has 1 aromatic carbocycles. The van der Waals surface area contributed by atoms with Crippen molar-refractivity contribution in [3.63, 3.8) is 0 Å². The molecule has 0 spiro atoms. The lowest BCUT2D eigenvalue weighted by atomic mass is 10.1. The number of aryl methyl sites for hydroxylation is 1. The molecule has 1 amide bonds. The summed E-state index contributed by atoms with van der Waals surface area (Å²) in [5.74, 6) is -0.157. The molecule has 0 aliphatic carbocycles. The van der Waals surface area contributed by atoms with E-state index in [9.17, 15) is 9.18 Å². The van der Waals surface area contributed by atoms with Gasteiger partial charge < -0.3 is 19.7 Å². The number of piperazine rings is 1. The monoisotopic (exact) mass is 601 g/mol. The Balaban J connectivity index is 1.14. The lowest BCUT2D eigenvalue weighted by Crippen LogP contribution is -2.47. The van der Waals surface area contributed by atoms with Gasteiger partial charge in [0.2, 0.25) is 11.9 Å². The summed E-state index contributed by atoms with van der Waals surface area (Å²) >= 11 is 0. The second kappa shape index (κ2) is 11.8. The van der Waals surface area contributed by atoms with E-state index in [2.05, 4.69) is 40.1 Å². The minimum atomic E-state index is -0.680. The lowest BCUT2D eigenvalue weighted by Gasteiger charge is -2.35. The van der Waals surface area contributed by atoms with Gasteiger partial charge in [-0.2, -0.15) is 0 Å². The highest BCUT2D eigenvalue weighted by Gasteiger charge is 2.21. The predicted molar refractivity (Wildman–Crippen MR) is 159 cm³/mol. The number of pyridine rings is 1. The molecule has 0 saturated carbocycles. The van der Waals surface area contributed by atoms with Crippen molar-refractivity contribution < 1.29 is 18.8 Å². The van der Waals surface area contributed by atoms with Crippen molar-refractivity contribution in [1.82, 2.24) is 40.0 Å². The van der Waals surface area contributed by atoms with Crippen LogP contribution in [0.25, 0.3) is 22.3 Å². The van der Waals surface area contributed by atoms with E-state index in [1.807, 2.05) is 36.3 Å². The number of benzene rings is 1. The smallest absolute Gasteiger partial charge is 0.277 e. The maximum Gasteiger partial charge on any atom is 0.277 e. The average molecular weight is 602 g/mol. The van der Waals surface area contributed by atoms with Crippen molar-refractivity contribution >= 4 is 40.3 Å². The number of rotatable bonds is 7. The Morgan fingerprint density at radius 1 is 0.909 bits per heavy atom.